The number of aryl methyl sites for hydroxylation is 1. The number of alkyl halides is 1. The highest BCUT2D eigenvalue weighted by Crippen LogP contribution is 2.28. The maximum atomic E-state index is 11.4. The number of Topliss-reactive ketones (excluding diaryl/α,β-unsaturated/α-hetero) is 1. The van der Waals surface area contributed by atoms with Crippen LogP contribution in [0, 0.1) is 6.92 Å². The second-order valence-corrected chi connectivity index (χ2v) is 4.37. The second kappa shape index (κ2) is 4.58. The Kier molecular flexibility index (Phi) is 3.95. The smallest absolute Gasteiger partial charge is 0.176 e. The number of hydrogen-bond donors (Lipinski definition) is 0. The van der Waals surface area contributed by atoms with Gasteiger partial charge in [-0.3, -0.25) is 4.79 Å². The van der Waals surface area contributed by atoms with Crippen molar-refractivity contribution >= 4 is 49.2 Å². The van der Waals surface area contributed by atoms with E-state index in [-0.39, 0.29) is 11.1 Å². The first kappa shape index (κ1) is 11.2. The lowest BCUT2D eigenvalue weighted by Gasteiger charge is -2.06. The van der Waals surface area contributed by atoms with Gasteiger partial charge in [-0.1, -0.05) is 33.6 Å². The summed E-state index contributed by atoms with van der Waals surface area (Å²) in [5, 5.41) is 0.774. The molecule has 70 valence electrons. The fraction of sp³-hybridized carbons (Fsp3) is 0.222. The van der Waals surface area contributed by atoms with Gasteiger partial charge in [0.15, 0.2) is 5.78 Å². The summed E-state index contributed by atoms with van der Waals surface area (Å²) in [5.74, 6) is -0.0134. The minimum atomic E-state index is -0.0134. The third-order valence-corrected chi connectivity index (χ3v) is 3.53. The number of carbonyl (C=O) groups is 1. The fourth-order valence-electron chi connectivity index (χ4n) is 0.979. The van der Waals surface area contributed by atoms with Gasteiger partial charge in [0.05, 0.1) is 15.9 Å². The average Bonchev–Trinajstić information content (AvgIpc) is 2.12. The second-order valence-electron chi connectivity index (χ2n) is 2.61. The molecule has 0 N–H and O–H groups in total. The third kappa shape index (κ3) is 2.33. The van der Waals surface area contributed by atoms with E-state index in [2.05, 4.69) is 31.9 Å². The van der Waals surface area contributed by atoms with Crippen molar-refractivity contribution in [1.82, 2.24) is 0 Å². The fourth-order valence-corrected chi connectivity index (χ4v) is 2.20. The molecule has 1 nitrogen and oxygen atoms in total. The first-order valence-electron chi connectivity index (χ1n) is 3.61. The Labute approximate surface area is 98.7 Å². The van der Waals surface area contributed by atoms with Crippen molar-refractivity contribution in [3.05, 3.63) is 32.8 Å². The molecular weight excluding hydrogens is 319 g/mol. The lowest BCUT2D eigenvalue weighted by Crippen LogP contribution is -2.03. The predicted octanol–water partition coefficient (Wildman–Crippen LogP) is 3.99. The molecule has 0 saturated carbocycles. The van der Waals surface area contributed by atoms with E-state index in [0.717, 1.165) is 10.0 Å². The lowest BCUT2D eigenvalue weighted by atomic mass is 10.1. The highest BCUT2D eigenvalue weighted by molar-refractivity contribution is 9.10. The summed E-state index contributed by atoms with van der Waals surface area (Å²) in [7, 11) is 0. The van der Waals surface area contributed by atoms with E-state index in [0.29, 0.717) is 10.6 Å². The highest BCUT2D eigenvalue weighted by Gasteiger charge is 2.14. The number of benzene rings is 1. The molecule has 1 rings (SSSR count). The summed E-state index contributed by atoms with van der Waals surface area (Å²) in [4.78, 5) is 11.4. The van der Waals surface area contributed by atoms with Crippen molar-refractivity contribution in [2.24, 2.45) is 0 Å². The summed E-state index contributed by atoms with van der Waals surface area (Å²) in [6.45, 7) is 1.92. The van der Waals surface area contributed by atoms with Gasteiger partial charge in [-0.25, -0.2) is 0 Å². The number of carbonyl (C=O) groups excluding carboxylic acids is 1. The SMILES string of the molecule is Cc1ccc(Cl)c(C(=O)CBr)c1Br. The van der Waals surface area contributed by atoms with Crippen LogP contribution < -0.4 is 0 Å². The summed E-state index contributed by atoms with van der Waals surface area (Å²) in [6.07, 6.45) is 0. The quantitative estimate of drug-likeness (QED) is 0.593. The first-order valence-corrected chi connectivity index (χ1v) is 5.91. The van der Waals surface area contributed by atoms with Gasteiger partial charge in [0, 0.05) is 4.47 Å². The van der Waals surface area contributed by atoms with Crippen LogP contribution in [-0.2, 0) is 0 Å². The Morgan fingerprint density at radius 1 is 1.54 bits per heavy atom. The van der Waals surface area contributed by atoms with Crippen molar-refractivity contribution in [3.63, 3.8) is 0 Å². The van der Waals surface area contributed by atoms with Crippen LogP contribution in [0.2, 0.25) is 5.02 Å². The molecule has 13 heavy (non-hydrogen) atoms. The molecule has 1 aromatic carbocycles. The number of rotatable bonds is 2. The molecule has 0 heterocycles. The molecule has 0 amide bonds. The van der Waals surface area contributed by atoms with Crippen LogP contribution in [0.25, 0.3) is 0 Å². The molecule has 4 heteroatoms. The zero-order chi connectivity index (χ0) is 10.0. The van der Waals surface area contributed by atoms with Crippen molar-refractivity contribution in [3.8, 4) is 0 Å². The largest absolute Gasteiger partial charge is 0.293 e. The molecular formula is C9H7Br2ClO. The summed E-state index contributed by atoms with van der Waals surface area (Å²) >= 11 is 12.4. The molecule has 0 atom stereocenters. The van der Waals surface area contributed by atoms with E-state index in [1.807, 2.05) is 13.0 Å². The first-order chi connectivity index (χ1) is 6.07. The van der Waals surface area contributed by atoms with Gasteiger partial charge in [0.25, 0.3) is 0 Å². The van der Waals surface area contributed by atoms with Gasteiger partial charge in [0.1, 0.15) is 0 Å². The van der Waals surface area contributed by atoms with Crippen LogP contribution in [0.5, 0.6) is 0 Å². The molecule has 0 aliphatic heterocycles. The van der Waals surface area contributed by atoms with E-state index in [4.69, 9.17) is 11.6 Å². The minimum absolute atomic E-state index is 0.0134. The van der Waals surface area contributed by atoms with Crippen LogP contribution in [0.3, 0.4) is 0 Å². The van der Waals surface area contributed by atoms with Crippen molar-refractivity contribution < 1.29 is 4.79 Å². The van der Waals surface area contributed by atoms with Crippen LogP contribution in [-0.4, -0.2) is 11.1 Å². The van der Waals surface area contributed by atoms with Crippen LogP contribution in [0.1, 0.15) is 15.9 Å². The minimum Gasteiger partial charge on any atom is -0.293 e. The van der Waals surface area contributed by atoms with Crippen molar-refractivity contribution in [2.75, 3.05) is 5.33 Å². The molecule has 1 aromatic rings. The van der Waals surface area contributed by atoms with Crippen LogP contribution in [0.4, 0.5) is 0 Å². The van der Waals surface area contributed by atoms with E-state index < -0.39 is 0 Å². The number of hydrogen-bond acceptors (Lipinski definition) is 1. The molecule has 0 radical (unpaired) electrons. The average molecular weight is 326 g/mol. The van der Waals surface area contributed by atoms with Gasteiger partial charge < -0.3 is 0 Å². The molecule has 0 saturated heterocycles. The summed E-state index contributed by atoms with van der Waals surface area (Å²) in [6, 6.07) is 3.61. The number of halogens is 3. The highest BCUT2D eigenvalue weighted by atomic mass is 79.9. The van der Waals surface area contributed by atoms with Crippen LogP contribution in [0.15, 0.2) is 16.6 Å². The molecule has 0 aromatic heterocycles. The lowest BCUT2D eigenvalue weighted by molar-refractivity contribution is 0.102. The van der Waals surface area contributed by atoms with Gasteiger partial charge in [-0.2, -0.15) is 0 Å². The van der Waals surface area contributed by atoms with E-state index in [1.165, 1.54) is 0 Å². The summed E-state index contributed by atoms with van der Waals surface area (Å²) in [5.41, 5.74) is 1.56. The third-order valence-electron chi connectivity index (χ3n) is 1.68. The zero-order valence-corrected chi connectivity index (χ0v) is 10.8. The Morgan fingerprint density at radius 2 is 2.15 bits per heavy atom. The Hall–Kier alpha value is 0.140. The maximum absolute atomic E-state index is 11.4. The molecule has 0 aliphatic carbocycles. The Bertz CT molecular complexity index is 350. The van der Waals surface area contributed by atoms with Crippen molar-refractivity contribution in [2.45, 2.75) is 6.92 Å². The maximum Gasteiger partial charge on any atom is 0.176 e. The monoisotopic (exact) mass is 324 g/mol. The predicted molar refractivity (Wildman–Crippen MR) is 62.0 cm³/mol. The molecule has 0 unspecified atom stereocenters. The zero-order valence-electron chi connectivity index (χ0n) is 6.90. The van der Waals surface area contributed by atoms with E-state index >= 15 is 0 Å². The summed E-state index contributed by atoms with van der Waals surface area (Å²) < 4.78 is 0.782. The van der Waals surface area contributed by atoms with E-state index in [1.54, 1.807) is 6.07 Å². The standard InChI is InChI=1S/C9H7Br2ClO/c1-5-2-3-6(12)8(9(5)11)7(13)4-10/h2-3H,4H2,1H3. The normalized spacial score (nSPS) is 10.2. The van der Waals surface area contributed by atoms with Gasteiger partial charge in [0.2, 0.25) is 0 Å². The molecule has 0 spiro atoms. The van der Waals surface area contributed by atoms with Gasteiger partial charge in [-0.15, -0.1) is 0 Å². The van der Waals surface area contributed by atoms with Gasteiger partial charge in [-0.05, 0) is 34.5 Å². The molecule has 0 fully saturated rings. The van der Waals surface area contributed by atoms with Crippen LogP contribution >= 0.6 is 43.5 Å². The van der Waals surface area contributed by atoms with Crippen molar-refractivity contribution in [1.29, 1.82) is 0 Å². The Morgan fingerprint density at radius 3 is 2.69 bits per heavy atom. The molecule has 0 aliphatic rings. The Balaban J connectivity index is 3.33. The van der Waals surface area contributed by atoms with E-state index in [9.17, 15) is 4.79 Å². The molecule has 0 bridgehead atoms. The number of ketones is 1. The van der Waals surface area contributed by atoms with Gasteiger partial charge >= 0.3 is 0 Å². The topological polar surface area (TPSA) is 17.1 Å².